The molecule has 1 saturated heterocycles. The van der Waals surface area contributed by atoms with E-state index >= 15 is 0 Å². The zero-order valence-corrected chi connectivity index (χ0v) is 23.5. The van der Waals surface area contributed by atoms with Gasteiger partial charge >= 0.3 is 0 Å². The summed E-state index contributed by atoms with van der Waals surface area (Å²) in [5.74, 6) is 3.53. The first-order valence-electron chi connectivity index (χ1n) is 15.2. The van der Waals surface area contributed by atoms with E-state index in [-0.39, 0.29) is 6.29 Å². The first-order chi connectivity index (χ1) is 18.2. The van der Waals surface area contributed by atoms with Gasteiger partial charge in [0, 0.05) is 5.92 Å². The number of benzene rings is 2. The predicted molar refractivity (Wildman–Crippen MR) is 154 cm³/mol. The Morgan fingerprint density at radius 3 is 1.89 bits per heavy atom. The summed E-state index contributed by atoms with van der Waals surface area (Å²) < 4.78 is 18.0. The van der Waals surface area contributed by atoms with E-state index in [0.717, 1.165) is 50.2 Å². The fraction of sp³-hybridized carbons (Fsp3) is 0.647. The molecule has 2 aromatic carbocycles. The van der Waals surface area contributed by atoms with Crippen LogP contribution in [0.4, 0.5) is 0 Å². The fourth-order valence-electron chi connectivity index (χ4n) is 5.85. The molecule has 1 aliphatic carbocycles. The Kier molecular flexibility index (Phi) is 11.8. The molecule has 37 heavy (non-hydrogen) atoms. The van der Waals surface area contributed by atoms with Crippen molar-refractivity contribution in [1.29, 1.82) is 0 Å². The molecule has 0 atom stereocenters. The normalized spacial score (nSPS) is 24.2. The molecule has 3 nitrogen and oxygen atoms in total. The summed E-state index contributed by atoms with van der Waals surface area (Å²) in [6.07, 6.45) is 17.0. The maximum absolute atomic E-state index is 6.04. The van der Waals surface area contributed by atoms with Gasteiger partial charge in [-0.05, 0) is 67.7 Å². The van der Waals surface area contributed by atoms with E-state index in [1.165, 1.54) is 87.3 Å². The Hall–Kier alpha value is -1.84. The Balaban J connectivity index is 0.969. The van der Waals surface area contributed by atoms with Gasteiger partial charge < -0.3 is 14.2 Å². The molecular formula is C34H50O3. The molecule has 204 valence electrons. The number of aryl methyl sites for hydroxylation is 1. The van der Waals surface area contributed by atoms with E-state index in [2.05, 4.69) is 62.4 Å². The maximum atomic E-state index is 6.04. The van der Waals surface area contributed by atoms with Gasteiger partial charge in [-0.2, -0.15) is 0 Å². The van der Waals surface area contributed by atoms with E-state index in [4.69, 9.17) is 14.2 Å². The van der Waals surface area contributed by atoms with Crippen molar-refractivity contribution in [2.45, 2.75) is 104 Å². The SMILES string of the molecule is Cc1ccc(-c2ccc(OCCCCCCC3OCC(CCCCC4CCC(C)CC4)CO3)cc2)cc1. The summed E-state index contributed by atoms with van der Waals surface area (Å²) >= 11 is 0. The first kappa shape index (κ1) is 28.2. The van der Waals surface area contributed by atoms with Gasteiger partial charge in [-0.25, -0.2) is 0 Å². The number of rotatable bonds is 14. The molecule has 2 aromatic rings. The van der Waals surface area contributed by atoms with Gasteiger partial charge in [0.05, 0.1) is 19.8 Å². The molecular weight excluding hydrogens is 456 g/mol. The van der Waals surface area contributed by atoms with Gasteiger partial charge in [-0.15, -0.1) is 0 Å². The largest absolute Gasteiger partial charge is 0.494 e. The Bertz CT molecular complexity index is 859. The van der Waals surface area contributed by atoms with Crippen LogP contribution in [0.3, 0.4) is 0 Å². The van der Waals surface area contributed by atoms with Crippen LogP contribution in [0.25, 0.3) is 11.1 Å². The highest BCUT2D eigenvalue weighted by Gasteiger charge is 2.22. The minimum atomic E-state index is 0.0174. The van der Waals surface area contributed by atoms with E-state index in [1.807, 2.05) is 0 Å². The van der Waals surface area contributed by atoms with Crippen LogP contribution in [0.15, 0.2) is 48.5 Å². The van der Waals surface area contributed by atoms with Crippen LogP contribution in [-0.4, -0.2) is 26.1 Å². The minimum Gasteiger partial charge on any atom is -0.494 e. The summed E-state index contributed by atoms with van der Waals surface area (Å²) in [6, 6.07) is 17.1. The van der Waals surface area contributed by atoms with Crippen molar-refractivity contribution in [2.24, 2.45) is 17.8 Å². The lowest BCUT2D eigenvalue weighted by atomic mass is 9.80. The van der Waals surface area contributed by atoms with Crippen LogP contribution >= 0.6 is 0 Å². The third-order valence-corrected chi connectivity index (χ3v) is 8.49. The molecule has 2 aliphatic rings. The number of hydrogen-bond donors (Lipinski definition) is 0. The van der Waals surface area contributed by atoms with Gasteiger partial charge in [0.25, 0.3) is 0 Å². The topological polar surface area (TPSA) is 27.7 Å². The van der Waals surface area contributed by atoms with Crippen LogP contribution < -0.4 is 4.74 Å². The monoisotopic (exact) mass is 506 g/mol. The Labute approximate surface area is 226 Å². The third-order valence-electron chi connectivity index (χ3n) is 8.49. The smallest absolute Gasteiger partial charge is 0.157 e. The summed E-state index contributed by atoms with van der Waals surface area (Å²) in [5.41, 5.74) is 3.77. The second-order valence-electron chi connectivity index (χ2n) is 11.8. The van der Waals surface area contributed by atoms with Crippen LogP contribution in [0, 0.1) is 24.7 Å². The molecule has 0 N–H and O–H groups in total. The van der Waals surface area contributed by atoms with E-state index in [9.17, 15) is 0 Å². The molecule has 4 rings (SSSR count). The van der Waals surface area contributed by atoms with Crippen molar-refractivity contribution in [3.8, 4) is 16.9 Å². The fourth-order valence-corrected chi connectivity index (χ4v) is 5.85. The second-order valence-corrected chi connectivity index (χ2v) is 11.8. The van der Waals surface area contributed by atoms with Gasteiger partial charge in [-0.3, -0.25) is 0 Å². The molecule has 0 aromatic heterocycles. The van der Waals surface area contributed by atoms with Crippen LogP contribution in [0.2, 0.25) is 0 Å². The molecule has 3 heteroatoms. The van der Waals surface area contributed by atoms with Crippen LogP contribution in [0.5, 0.6) is 5.75 Å². The molecule has 0 radical (unpaired) electrons. The molecule has 1 heterocycles. The molecule has 0 bridgehead atoms. The highest BCUT2D eigenvalue weighted by Crippen LogP contribution is 2.32. The standard InChI is InChI=1S/C34H50O3/c1-27-12-16-29(17-13-27)9-6-7-10-30-25-36-34(37-26-30)11-5-3-4-8-24-35-33-22-20-32(21-23-33)31-18-14-28(2)15-19-31/h14-15,18-23,27,29-30,34H,3-13,16-17,24-26H2,1-2H3. The Morgan fingerprint density at radius 2 is 1.22 bits per heavy atom. The first-order valence-corrected chi connectivity index (χ1v) is 15.2. The predicted octanol–water partition coefficient (Wildman–Crippen LogP) is 9.37. The lowest BCUT2D eigenvalue weighted by molar-refractivity contribution is -0.204. The van der Waals surface area contributed by atoms with E-state index < -0.39 is 0 Å². The highest BCUT2D eigenvalue weighted by molar-refractivity contribution is 5.64. The van der Waals surface area contributed by atoms with Crippen molar-refractivity contribution < 1.29 is 14.2 Å². The zero-order valence-electron chi connectivity index (χ0n) is 23.5. The van der Waals surface area contributed by atoms with Crippen molar-refractivity contribution >= 4 is 0 Å². The van der Waals surface area contributed by atoms with Gasteiger partial charge in [0.1, 0.15) is 5.75 Å². The van der Waals surface area contributed by atoms with Gasteiger partial charge in [0.2, 0.25) is 0 Å². The number of unbranched alkanes of at least 4 members (excludes halogenated alkanes) is 4. The van der Waals surface area contributed by atoms with Gasteiger partial charge in [0.15, 0.2) is 6.29 Å². The lowest BCUT2D eigenvalue weighted by Crippen LogP contribution is -2.32. The number of ether oxygens (including phenoxy) is 3. The third kappa shape index (κ3) is 10.1. The summed E-state index contributed by atoms with van der Waals surface area (Å²) in [5, 5.41) is 0. The van der Waals surface area contributed by atoms with E-state index in [0.29, 0.717) is 5.92 Å². The maximum Gasteiger partial charge on any atom is 0.157 e. The van der Waals surface area contributed by atoms with Crippen molar-refractivity contribution in [3.05, 3.63) is 54.1 Å². The minimum absolute atomic E-state index is 0.0174. The summed E-state index contributed by atoms with van der Waals surface area (Å²) in [6.45, 7) is 7.09. The molecule has 1 aliphatic heterocycles. The zero-order chi connectivity index (χ0) is 25.7. The average molecular weight is 507 g/mol. The van der Waals surface area contributed by atoms with Crippen molar-refractivity contribution in [2.75, 3.05) is 19.8 Å². The van der Waals surface area contributed by atoms with Crippen molar-refractivity contribution in [1.82, 2.24) is 0 Å². The highest BCUT2D eigenvalue weighted by atomic mass is 16.7. The molecule has 1 saturated carbocycles. The average Bonchev–Trinajstić information content (AvgIpc) is 2.93. The number of hydrogen-bond acceptors (Lipinski definition) is 3. The summed E-state index contributed by atoms with van der Waals surface area (Å²) in [4.78, 5) is 0. The Morgan fingerprint density at radius 1 is 0.649 bits per heavy atom. The van der Waals surface area contributed by atoms with Gasteiger partial charge in [-0.1, -0.05) is 107 Å². The molecule has 2 fully saturated rings. The molecule has 0 unspecified atom stereocenters. The lowest BCUT2D eigenvalue weighted by Gasteiger charge is -2.30. The van der Waals surface area contributed by atoms with Crippen molar-refractivity contribution in [3.63, 3.8) is 0 Å². The molecule has 0 spiro atoms. The molecule has 0 amide bonds. The quantitative estimate of drug-likeness (QED) is 0.239. The van der Waals surface area contributed by atoms with Crippen LogP contribution in [-0.2, 0) is 9.47 Å². The van der Waals surface area contributed by atoms with E-state index in [1.54, 1.807) is 0 Å². The van der Waals surface area contributed by atoms with Crippen LogP contribution in [0.1, 0.15) is 96.0 Å². The summed E-state index contributed by atoms with van der Waals surface area (Å²) in [7, 11) is 0. The second kappa shape index (κ2) is 15.5.